The molecule has 0 heterocycles. The van der Waals surface area contributed by atoms with E-state index in [1.807, 2.05) is 0 Å². The van der Waals surface area contributed by atoms with Crippen molar-refractivity contribution in [3.63, 3.8) is 0 Å². The van der Waals surface area contributed by atoms with Crippen molar-refractivity contribution >= 4 is 5.97 Å². The molecule has 0 rings (SSSR count). The maximum atomic E-state index is 10.9. The van der Waals surface area contributed by atoms with Gasteiger partial charge in [0, 0.05) is 19.5 Å². The van der Waals surface area contributed by atoms with E-state index in [0.717, 1.165) is 25.7 Å². The monoisotopic (exact) mass is 471 g/mol. The average Bonchev–Trinajstić information content (AvgIpc) is 2.77. The molecule has 0 amide bonds. The number of nitrogens with zero attached hydrogens (tertiary/aromatic N) is 1. The third kappa shape index (κ3) is 24.3. The number of carbonyl (C=O) groups is 1. The molecule has 33 heavy (non-hydrogen) atoms. The molecule has 3 N–H and O–H groups in total. The molecule has 0 aromatic carbocycles. The number of carboxylic acids is 1. The molecule has 0 spiro atoms. The van der Waals surface area contributed by atoms with Crippen LogP contribution in [0.1, 0.15) is 142 Å². The zero-order valence-electron chi connectivity index (χ0n) is 22.1. The highest BCUT2D eigenvalue weighted by Gasteiger charge is 2.16. The number of carboxylic acid groups (broad SMARTS) is 1. The Balaban J connectivity index is 4.08. The SMILES string of the molecule is CCCCCCCCCCC(O)CN(CCCC(=O)O)CC(O)CCCCCCCCCC. The van der Waals surface area contributed by atoms with Gasteiger partial charge in [0.05, 0.1) is 12.2 Å². The minimum Gasteiger partial charge on any atom is -0.481 e. The zero-order chi connectivity index (χ0) is 24.6. The number of aliphatic carboxylic acids is 1. The van der Waals surface area contributed by atoms with Crippen LogP contribution < -0.4 is 0 Å². The summed E-state index contributed by atoms with van der Waals surface area (Å²) in [6, 6.07) is 0. The Kier molecular flexibility index (Phi) is 24.0. The number of aliphatic hydroxyl groups is 2. The van der Waals surface area contributed by atoms with E-state index in [-0.39, 0.29) is 6.42 Å². The summed E-state index contributed by atoms with van der Waals surface area (Å²) in [7, 11) is 0. The van der Waals surface area contributed by atoms with Gasteiger partial charge in [-0.05, 0) is 25.8 Å². The van der Waals surface area contributed by atoms with Crippen LogP contribution in [-0.2, 0) is 4.79 Å². The van der Waals surface area contributed by atoms with Gasteiger partial charge in [-0.1, -0.05) is 117 Å². The first-order valence-electron chi connectivity index (χ1n) is 14.3. The van der Waals surface area contributed by atoms with Gasteiger partial charge in [0.1, 0.15) is 0 Å². The van der Waals surface area contributed by atoms with Crippen molar-refractivity contribution in [1.29, 1.82) is 0 Å². The van der Waals surface area contributed by atoms with Gasteiger partial charge in [-0.25, -0.2) is 0 Å². The molecule has 0 radical (unpaired) electrons. The van der Waals surface area contributed by atoms with Crippen molar-refractivity contribution < 1.29 is 20.1 Å². The van der Waals surface area contributed by atoms with Gasteiger partial charge in [0.25, 0.3) is 0 Å². The fraction of sp³-hybridized carbons (Fsp3) is 0.964. The molecule has 0 aromatic rings. The molecule has 2 unspecified atom stereocenters. The number of rotatable bonds is 26. The molecule has 198 valence electrons. The van der Waals surface area contributed by atoms with Gasteiger partial charge < -0.3 is 15.3 Å². The quantitative estimate of drug-likeness (QED) is 0.119. The van der Waals surface area contributed by atoms with Gasteiger partial charge in [0.2, 0.25) is 0 Å². The summed E-state index contributed by atoms with van der Waals surface area (Å²) in [5, 5.41) is 30.0. The summed E-state index contributed by atoms with van der Waals surface area (Å²) in [6.07, 6.45) is 21.5. The van der Waals surface area contributed by atoms with E-state index in [4.69, 9.17) is 5.11 Å². The minimum atomic E-state index is -0.783. The number of hydrogen-bond acceptors (Lipinski definition) is 4. The van der Waals surface area contributed by atoms with Crippen molar-refractivity contribution in [1.82, 2.24) is 4.90 Å². The third-order valence-corrected chi connectivity index (χ3v) is 6.58. The van der Waals surface area contributed by atoms with Crippen LogP contribution in [0.4, 0.5) is 0 Å². The first kappa shape index (κ1) is 32.4. The summed E-state index contributed by atoms with van der Waals surface area (Å²) >= 11 is 0. The van der Waals surface area contributed by atoms with Crippen LogP contribution in [-0.4, -0.2) is 58.0 Å². The Morgan fingerprint density at radius 1 is 0.606 bits per heavy atom. The molecule has 2 atom stereocenters. The van der Waals surface area contributed by atoms with Crippen LogP contribution in [0.5, 0.6) is 0 Å². The largest absolute Gasteiger partial charge is 0.481 e. The van der Waals surface area contributed by atoms with Crippen LogP contribution in [0.25, 0.3) is 0 Å². The lowest BCUT2D eigenvalue weighted by Gasteiger charge is -2.27. The highest BCUT2D eigenvalue weighted by molar-refractivity contribution is 5.66. The lowest BCUT2D eigenvalue weighted by Crippen LogP contribution is -2.38. The van der Waals surface area contributed by atoms with Gasteiger partial charge in [0.15, 0.2) is 0 Å². The van der Waals surface area contributed by atoms with E-state index in [0.29, 0.717) is 26.1 Å². The first-order chi connectivity index (χ1) is 16.0. The van der Waals surface area contributed by atoms with Crippen molar-refractivity contribution in [3.05, 3.63) is 0 Å². The van der Waals surface area contributed by atoms with Gasteiger partial charge in [-0.3, -0.25) is 9.69 Å². The molecule has 5 heteroatoms. The van der Waals surface area contributed by atoms with Crippen LogP contribution in [0.15, 0.2) is 0 Å². The normalized spacial score (nSPS) is 13.5. The molecule has 0 fully saturated rings. The Labute approximate surface area is 205 Å². The Morgan fingerprint density at radius 3 is 1.33 bits per heavy atom. The molecule has 0 aromatic heterocycles. The summed E-state index contributed by atoms with van der Waals surface area (Å²) < 4.78 is 0. The van der Waals surface area contributed by atoms with Crippen molar-refractivity contribution in [2.75, 3.05) is 19.6 Å². The molecule has 0 aliphatic carbocycles. The standard InChI is InChI=1S/C28H57NO4/c1-3-5-7-9-11-13-15-17-20-26(30)24-29(23-19-22-28(32)33)25-27(31)21-18-16-14-12-10-8-6-4-2/h26-27,30-31H,3-25H2,1-2H3,(H,32,33). The van der Waals surface area contributed by atoms with Gasteiger partial charge in [-0.2, -0.15) is 0 Å². The molecular weight excluding hydrogens is 414 g/mol. The summed E-state index contributed by atoms with van der Waals surface area (Å²) in [5.74, 6) is -0.783. The Morgan fingerprint density at radius 2 is 0.970 bits per heavy atom. The molecule has 0 bridgehead atoms. The van der Waals surface area contributed by atoms with Crippen molar-refractivity contribution in [2.24, 2.45) is 0 Å². The minimum absolute atomic E-state index is 0.138. The van der Waals surface area contributed by atoms with Crippen LogP contribution >= 0.6 is 0 Å². The first-order valence-corrected chi connectivity index (χ1v) is 14.3. The third-order valence-electron chi connectivity index (χ3n) is 6.58. The average molecular weight is 472 g/mol. The number of aliphatic hydroxyl groups excluding tert-OH is 2. The second kappa shape index (κ2) is 24.5. The Bertz CT molecular complexity index is 391. The molecule has 0 saturated heterocycles. The van der Waals surface area contributed by atoms with Crippen LogP contribution in [0.2, 0.25) is 0 Å². The predicted octanol–water partition coefficient (Wildman–Crippen LogP) is 6.94. The van der Waals surface area contributed by atoms with Gasteiger partial charge in [-0.15, -0.1) is 0 Å². The van der Waals surface area contributed by atoms with Gasteiger partial charge >= 0.3 is 5.97 Å². The molecule has 0 aliphatic rings. The van der Waals surface area contributed by atoms with E-state index < -0.39 is 18.2 Å². The summed E-state index contributed by atoms with van der Waals surface area (Å²) in [4.78, 5) is 13.0. The van der Waals surface area contributed by atoms with E-state index in [1.165, 1.54) is 89.9 Å². The van der Waals surface area contributed by atoms with Crippen molar-refractivity contribution in [3.8, 4) is 0 Å². The fourth-order valence-electron chi connectivity index (χ4n) is 4.52. The predicted molar refractivity (Wildman–Crippen MR) is 140 cm³/mol. The highest BCUT2D eigenvalue weighted by atomic mass is 16.4. The maximum Gasteiger partial charge on any atom is 0.303 e. The summed E-state index contributed by atoms with van der Waals surface area (Å²) in [6.45, 7) is 6.16. The number of hydrogen-bond donors (Lipinski definition) is 3. The molecule has 5 nitrogen and oxygen atoms in total. The molecular formula is C28H57NO4. The summed E-state index contributed by atoms with van der Waals surface area (Å²) in [5.41, 5.74) is 0. The maximum absolute atomic E-state index is 10.9. The van der Waals surface area contributed by atoms with E-state index >= 15 is 0 Å². The van der Waals surface area contributed by atoms with E-state index in [9.17, 15) is 15.0 Å². The molecule has 0 aliphatic heterocycles. The second-order valence-corrected chi connectivity index (χ2v) is 10.1. The van der Waals surface area contributed by atoms with Crippen LogP contribution in [0, 0.1) is 0 Å². The number of unbranched alkanes of at least 4 members (excludes halogenated alkanes) is 14. The van der Waals surface area contributed by atoms with E-state index in [1.54, 1.807) is 0 Å². The lowest BCUT2D eigenvalue weighted by atomic mass is 10.0. The lowest BCUT2D eigenvalue weighted by molar-refractivity contribution is -0.137. The zero-order valence-corrected chi connectivity index (χ0v) is 22.1. The second-order valence-electron chi connectivity index (χ2n) is 10.1. The Hall–Kier alpha value is -0.650. The van der Waals surface area contributed by atoms with Crippen molar-refractivity contribution in [2.45, 2.75) is 154 Å². The highest BCUT2D eigenvalue weighted by Crippen LogP contribution is 2.14. The fourth-order valence-corrected chi connectivity index (χ4v) is 4.52. The smallest absolute Gasteiger partial charge is 0.303 e. The van der Waals surface area contributed by atoms with E-state index in [2.05, 4.69) is 18.7 Å². The topological polar surface area (TPSA) is 81.0 Å². The van der Waals surface area contributed by atoms with Crippen LogP contribution in [0.3, 0.4) is 0 Å². The molecule has 0 saturated carbocycles.